The number of benzene rings is 3. The molecule has 36 heavy (non-hydrogen) atoms. The number of hydrogen-bond donors (Lipinski definition) is 3. The van der Waals surface area contributed by atoms with Crippen LogP contribution in [0.5, 0.6) is 0 Å². The first-order valence-corrected chi connectivity index (χ1v) is 12.2. The van der Waals surface area contributed by atoms with Gasteiger partial charge in [0.1, 0.15) is 11.7 Å². The van der Waals surface area contributed by atoms with Gasteiger partial charge in [0, 0.05) is 23.7 Å². The lowest BCUT2D eigenvalue weighted by Crippen LogP contribution is -2.56. The van der Waals surface area contributed by atoms with Crippen LogP contribution in [0.3, 0.4) is 0 Å². The molecule has 3 aromatic rings. The second-order valence-corrected chi connectivity index (χ2v) is 10.0. The van der Waals surface area contributed by atoms with Crippen LogP contribution in [-0.4, -0.2) is 28.3 Å². The fourth-order valence-corrected chi connectivity index (χ4v) is 5.08. The first kappa shape index (κ1) is 25.3. The third-order valence-electron chi connectivity index (χ3n) is 6.90. The molecule has 0 spiro atoms. The predicted octanol–water partition coefficient (Wildman–Crippen LogP) is 5.13. The Morgan fingerprint density at radius 3 is 1.83 bits per heavy atom. The fraction of sp³-hybridized carbons (Fsp3) is 0.300. The first-order chi connectivity index (χ1) is 17.2. The van der Waals surface area contributed by atoms with Crippen LogP contribution in [0.4, 0.5) is 11.4 Å². The van der Waals surface area contributed by atoms with E-state index in [9.17, 15) is 19.5 Å². The van der Waals surface area contributed by atoms with Crippen molar-refractivity contribution in [3.63, 3.8) is 0 Å². The van der Waals surface area contributed by atoms with E-state index >= 15 is 0 Å². The third-order valence-corrected chi connectivity index (χ3v) is 6.90. The number of Topliss-reactive ketones (excluding diaryl/α,β-unsaturated/α-hetero) is 1. The lowest BCUT2D eigenvalue weighted by Gasteiger charge is -2.44. The second kappa shape index (κ2) is 10.5. The molecular weight excluding hydrogens is 452 g/mol. The molecule has 0 aromatic heterocycles. The van der Waals surface area contributed by atoms with Gasteiger partial charge in [-0.25, -0.2) is 0 Å². The van der Waals surface area contributed by atoms with Crippen LogP contribution in [0.15, 0.2) is 84.9 Å². The lowest BCUT2D eigenvalue weighted by atomic mass is 9.61. The van der Waals surface area contributed by atoms with Crippen LogP contribution in [-0.2, 0) is 14.4 Å². The van der Waals surface area contributed by atoms with Gasteiger partial charge in [0.25, 0.3) is 0 Å². The van der Waals surface area contributed by atoms with E-state index in [4.69, 9.17) is 0 Å². The largest absolute Gasteiger partial charge is 0.389 e. The number of carbonyl (C=O) groups excluding carboxylic acids is 3. The fourth-order valence-electron chi connectivity index (χ4n) is 5.08. The summed E-state index contributed by atoms with van der Waals surface area (Å²) in [6, 6.07) is 25.5. The van der Waals surface area contributed by atoms with Crippen molar-refractivity contribution in [1.82, 2.24) is 0 Å². The highest BCUT2D eigenvalue weighted by molar-refractivity contribution is 6.10. The van der Waals surface area contributed by atoms with Crippen molar-refractivity contribution < 1.29 is 19.5 Å². The Morgan fingerprint density at radius 2 is 1.33 bits per heavy atom. The zero-order chi connectivity index (χ0) is 25.9. The average Bonchev–Trinajstić information content (AvgIpc) is 2.84. The first-order valence-electron chi connectivity index (χ1n) is 12.2. The SMILES string of the molecule is CC(C)c1ccc(C2C(C(=O)Nc3ccccc3)C(=O)CC(C)(O)C2C(=O)Nc2ccccc2)cc1. The Kier molecular flexibility index (Phi) is 7.36. The van der Waals surface area contributed by atoms with Gasteiger partial charge < -0.3 is 15.7 Å². The molecule has 6 heteroatoms. The maximum atomic E-state index is 13.7. The maximum absolute atomic E-state index is 13.7. The summed E-state index contributed by atoms with van der Waals surface area (Å²) in [5.41, 5.74) is 1.26. The number of amides is 2. The molecule has 1 aliphatic rings. The molecule has 6 nitrogen and oxygen atoms in total. The van der Waals surface area contributed by atoms with Crippen molar-refractivity contribution in [1.29, 1.82) is 0 Å². The Bertz CT molecular complexity index is 1220. The van der Waals surface area contributed by atoms with Gasteiger partial charge in [0.2, 0.25) is 11.8 Å². The van der Waals surface area contributed by atoms with Crippen LogP contribution in [0.25, 0.3) is 0 Å². The van der Waals surface area contributed by atoms with Crippen molar-refractivity contribution in [3.05, 3.63) is 96.1 Å². The lowest BCUT2D eigenvalue weighted by molar-refractivity contribution is -0.150. The van der Waals surface area contributed by atoms with Crippen molar-refractivity contribution in [2.45, 2.75) is 44.6 Å². The monoisotopic (exact) mass is 484 g/mol. The molecule has 3 aromatic carbocycles. The van der Waals surface area contributed by atoms with Crippen LogP contribution in [0, 0.1) is 11.8 Å². The average molecular weight is 485 g/mol. The van der Waals surface area contributed by atoms with Crippen LogP contribution >= 0.6 is 0 Å². The summed E-state index contributed by atoms with van der Waals surface area (Å²) in [7, 11) is 0. The Labute approximate surface area is 211 Å². The summed E-state index contributed by atoms with van der Waals surface area (Å²) in [5, 5.41) is 17.1. The molecule has 0 heterocycles. The molecule has 1 saturated carbocycles. The van der Waals surface area contributed by atoms with E-state index in [1.807, 2.05) is 36.4 Å². The van der Waals surface area contributed by atoms with E-state index in [-0.39, 0.29) is 6.42 Å². The standard InChI is InChI=1S/C30H32N2O4/c1-19(2)20-14-16-21(17-15-20)25-26(28(34)31-22-10-6-4-7-11-22)24(33)18-30(3,36)27(25)29(35)32-23-12-8-5-9-13-23/h4-17,19,25-27,36H,18H2,1-3H3,(H,31,34)(H,32,35). The summed E-state index contributed by atoms with van der Waals surface area (Å²) in [6.07, 6.45) is -0.298. The number of anilines is 2. The summed E-state index contributed by atoms with van der Waals surface area (Å²) in [5.74, 6) is -4.05. The number of hydrogen-bond acceptors (Lipinski definition) is 4. The van der Waals surface area contributed by atoms with Gasteiger partial charge in [0.15, 0.2) is 0 Å². The summed E-state index contributed by atoms with van der Waals surface area (Å²) in [4.78, 5) is 40.6. The molecule has 0 radical (unpaired) electrons. The molecular formula is C30H32N2O4. The molecule has 4 atom stereocenters. The summed E-state index contributed by atoms with van der Waals surface area (Å²) >= 11 is 0. The molecule has 0 saturated heterocycles. The number of nitrogens with one attached hydrogen (secondary N) is 2. The highest BCUT2D eigenvalue weighted by atomic mass is 16.3. The molecule has 4 rings (SSSR count). The number of aliphatic hydroxyl groups is 1. The van der Waals surface area contributed by atoms with Gasteiger partial charge in [-0.15, -0.1) is 0 Å². The molecule has 0 bridgehead atoms. The summed E-state index contributed by atoms with van der Waals surface area (Å²) < 4.78 is 0. The molecule has 2 amide bonds. The van der Waals surface area contributed by atoms with Gasteiger partial charge >= 0.3 is 0 Å². The van der Waals surface area contributed by atoms with Crippen molar-refractivity contribution in [3.8, 4) is 0 Å². The predicted molar refractivity (Wildman–Crippen MR) is 141 cm³/mol. The normalized spacial score (nSPS) is 23.8. The minimum Gasteiger partial charge on any atom is -0.389 e. The van der Waals surface area contributed by atoms with Gasteiger partial charge in [-0.3, -0.25) is 14.4 Å². The Balaban J connectivity index is 1.77. The van der Waals surface area contributed by atoms with E-state index < -0.39 is 41.0 Å². The number of rotatable bonds is 6. The van der Waals surface area contributed by atoms with E-state index in [2.05, 4.69) is 24.5 Å². The van der Waals surface area contributed by atoms with E-state index in [0.717, 1.165) is 5.56 Å². The molecule has 1 fully saturated rings. The molecule has 1 aliphatic carbocycles. The van der Waals surface area contributed by atoms with Crippen molar-refractivity contribution >= 4 is 29.0 Å². The van der Waals surface area contributed by atoms with Gasteiger partial charge in [0.05, 0.1) is 11.5 Å². The Hall–Kier alpha value is -3.77. The van der Waals surface area contributed by atoms with Crippen LogP contribution < -0.4 is 10.6 Å². The molecule has 4 unspecified atom stereocenters. The van der Waals surface area contributed by atoms with E-state index in [1.165, 1.54) is 6.92 Å². The quantitative estimate of drug-likeness (QED) is 0.423. The smallest absolute Gasteiger partial charge is 0.235 e. The highest BCUT2D eigenvalue weighted by Crippen LogP contribution is 2.46. The molecule has 186 valence electrons. The minimum absolute atomic E-state index is 0.296. The topological polar surface area (TPSA) is 95.5 Å². The molecule has 3 N–H and O–H groups in total. The number of para-hydroxylation sites is 2. The van der Waals surface area contributed by atoms with Gasteiger partial charge in [-0.05, 0) is 48.2 Å². The second-order valence-electron chi connectivity index (χ2n) is 10.0. The minimum atomic E-state index is -1.64. The zero-order valence-electron chi connectivity index (χ0n) is 20.8. The van der Waals surface area contributed by atoms with E-state index in [0.29, 0.717) is 22.9 Å². The zero-order valence-corrected chi connectivity index (χ0v) is 20.8. The maximum Gasteiger partial charge on any atom is 0.235 e. The molecule has 0 aliphatic heterocycles. The number of carbonyl (C=O) groups is 3. The van der Waals surface area contributed by atoms with Crippen LogP contribution in [0.2, 0.25) is 0 Å². The van der Waals surface area contributed by atoms with E-state index in [1.54, 1.807) is 48.5 Å². The number of ketones is 1. The Morgan fingerprint density at radius 1 is 0.833 bits per heavy atom. The van der Waals surface area contributed by atoms with Gasteiger partial charge in [-0.2, -0.15) is 0 Å². The van der Waals surface area contributed by atoms with Crippen molar-refractivity contribution in [2.75, 3.05) is 10.6 Å². The van der Waals surface area contributed by atoms with Gasteiger partial charge in [-0.1, -0.05) is 74.5 Å². The highest BCUT2D eigenvalue weighted by Gasteiger charge is 2.55. The third kappa shape index (κ3) is 5.39. The van der Waals surface area contributed by atoms with Crippen molar-refractivity contribution in [2.24, 2.45) is 11.8 Å². The van der Waals surface area contributed by atoms with Crippen LogP contribution in [0.1, 0.15) is 50.2 Å². The summed E-state index contributed by atoms with van der Waals surface area (Å²) in [6.45, 7) is 5.66.